The van der Waals surface area contributed by atoms with Crippen LogP contribution < -0.4 is 0 Å². The number of hydrogen-bond donors (Lipinski definition) is 0. The van der Waals surface area contributed by atoms with Crippen LogP contribution in [-0.2, 0) is 33.3 Å². The van der Waals surface area contributed by atoms with Gasteiger partial charge >= 0.3 is 17.9 Å². The molecule has 0 radical (unpaired) electrons. The highest BCUT2D eigenvalue weighted by molar-refractivity contribution is 7.99. The Labute approximate surface area is 177 Å². The lowest BCUT2D eigenvalue weighted by molar-refractivity contribution is -0.201. The molecule has 1 aliphatic heterocycles. The average Bonchev–Trinajstić information content (AvgIpc) is 2.64. The molecular weight excluding hydrogens is 414 g/mol. The summed E-state index contributed by atoms with van der Waals surface area (Å²) in [6.45, 7) is 5.33. The zero-order valence-electron chi connectivity index (χ0n) is 17.0. The molecule has 2 rings (SSSR count). The lowest BCUT2D eigenvalue weighted by atomic mass is 9.97. The van der Waals surface area contributed by atoms with Gasteiger partial charge in [-0.3, -0.25) is 14.4 Å². The Morgan fingerprint density at radius 3 is 2.37 bits per heavy atom. The number of carbonyl (C=O) groups excluding carboxylic acids is 3. The molecular formula is C19H23N3O7S. The summed E-state index contributed by atoms with van der Waals surface area (Å²) in [7, 11) is 0. The maximum Gasteiger partial charge on any atom is 0.303 e. The van der Waals surface area contributed by atoms with Crippen LogP contribution in [0.25, 0.3) is 10.4 Å². The van der Waals surface area contributed by atoms with Gasteiger partial charge in [-0.15, -0.1) is 0 Å². The minimum absolute atomic E-state index is 0.234. The smallest absolute Gasteiger partial charge is 0.303 e. The van der Waals surface area contributed by atoms with Gasteiger partial charge in [-0.05, 0) is 24.6 Å². The zero-order valence-corrected chi connectivity index (χ0v) is 17.8. The van der Waals surface area contributed by atoms with E-state index in [1.54, 1.807) is 0 Å². The Kier molecular flexibility index (Phi) is 8.52. The van der Waals surface area contributed by atoms with Gasteiger partial charge in [-0.1, -0.05) is 34.6 Å². The number of benzene rings is 1. The highest BCUT2D eigenvalue weighted by atomic mass is 32.2. The highest BCUT2D eigenvalue weighted by Crippen LogP contribution is 2.37. The van der Waals surface area contributed by atoms with Gasteiger partial charge in [0.15, 0.2) is 0 Å². The van der Waals surface area contributed by atoms with Crippen molar-refractivity contribution < 1.29 is 33.3 Å². The third-order valence-electron chi connectivity index (χ3n) is 4.10. The molecule has 1 saturated heterocycles. The summed E-state index contributed by atoms with van der Waals surface area (Å²) >= 11 is 1.25. The molecule has 1 aliphatic rings. The van der Waals surface area contributed by atoms with E-state index in [2.05, 4.69) is 10.0 Å². The van der Waals surface area contributed by atoms with Gasteiger partial charge in [0.2, 0.25) is 0 Å². The van der Waals surface area contributed by atoms with E-state index in [1.165, 1.54) is 32.5 Å². The van der Waals surface area contributed by atoms with Gasteiger partial charge in [-0.25, -0.2) is 0 Å². The van der Waals surface area contributed by atoms with Crippen LogP contribution >= 0.6 is 11.8 Å². The lowest BCUT2D eigenvalue weighted by Crippen LogP contribution is -2.59. The molecule has 0 aromatic heterocycles. The Bertz CT molecular complexity index is 843. The van der Waals surface area contributed by atoms with E-state index < -0.39 is 47.7 Å². The molecule has 0 bridgehead atoms. The van der Waals surface area contributed by atoms with E-state index >= 15 is 0 Å². The van der Waals surface area contributed by atoms with Crippen LogP contribution in [0, 0.1) is 6.92 Å². The number of thioether (sulfide) groups is 1. The van der Waals surface area contributed by atoms with E-state index in [9.17, 15) is 14.4 Å². The number of aryl methyl sites for hydroxylation is 1. The molecule has 0 aliphatic carbocycles. The van der Waals surface area contributed by atoms with Crippen molar-refractivity contribution in [3.05, 3.63) is 40.3 Å². The number of nitrogens with zero attached hydrogens (tertiary/aromatic N) is 3. The highest BCUT2D eigenvalue weighted by Gasteiger charge is 2.50. The molecule has 1 fully saturated rings. The fourth-order valence-electron chi connectivity index (χ4n) is 2.99. The van der Waals surface area contributed by atoms with Crippen molar-refractivity contribution in [3.8, 4) is 0 Å². The van der Waals surface area contributed by atoms with E-state index in [1.807, 2.05) is 31.2 Å². The van der Waals surface area contributed by atoms with E-state index in [0.29, 0.717) is 0 Å². The van der Waals surface area contributed by atoms with Gasteiger partial charge in [0.1, 0.15) is 36.4 Å². The molecule has 0 amide bonds. The van der Waals surface area contributed by atoms with Gasteiger partial charge in [0.25, 0.3) is 0 Å². The molecule has 0 saturated carbocycles. The maximum absolute atomic E-state index is 11.7. The predicted octanol–water partition coefficient (Wildman–Crippen LogP) is 2.92. The summed E-state index contributed by atoms with van der Waals surface area (Å²) in [5.41, 5.74) is 9.29. The number of hydrogen-bond acceptors (Lipinski definition) is 9. The van der Waals surface area contributed by atoms with E-state index in [0.717, 1.165) is 10.5 Å². The van der Waals surface area contributed by atoms with Crippen LogP contribution in [0.1, 0.15) is 26.3 Å². The molecule has 162 valence electrons. The molecule has 2 unspecified atom stereocenters. The maximum atomic E-state index is 11.7. The Balaban J connectivity index is 2.43. The molecule has 0 spiro atoms. The summed E-state index contributed by atoms with van der Waals surface area (Å²) in [5, 5.41) is 3.73. The van der Waals surface area contributed by atoms with Gasteiger partial charge in [-0.2, -0.15) is 0 Å². The summed E-state index contributed by atoms with van der Waals surface area (Å²) in [6.07, 6.45) is -3.08. The standard InChI is InChI=1S/C19H23N3O7S/c1-10-6-5-7-14(8-10)30-19-18(28-13(4)25)16(21-22-20)17(27-12(3)24)15(29-19)9-26-11(2)23/h5-8,15-19H,9H2,1-4H3/t15?,16-,17-,18?,19+/m0/s1. The number of carbonyl (C=O) groups is 3. The zero-order chi connectivity index (χ0) is 22.3. The third-order valence-corrected chi connectivity index (χ3v) is 5.24. The minimum Gasteiger partial charge on any atom is -0.463 e. The van der Waals surface area contributed by atoms with Crippen molar-refractivity contribution in [1.29, 1.82) is 0 Å². The Morgan fingerprint density at radius 2 is 1.80 bits per heavy atom. The largest absolute Gasteiger partial charge is 0.463 e. The van der Waals surface area contributed by atoms with Crippen LogP contribution in [0.2, 0.25) is 0 Å². The van der Waals surface area contributed by atoms with Crippen molar-refractivity contribution in [2.75, 3.05) is 6.61 Å². The molecule has 1 aromatic carbocycles. The molecule has 5 atom stereocenters. The Morgan fingerprint density at radius 1 is 1.13 bits per heavy atom. The van der Waals surface area contributed by atoms with Crippen molar-refractivity contribution in [1.82, 2.24) is 0 Å². The topological polar surface area (TPSA) is 137 Å². The van der Waals surface area contributed by atoms with Crippen LogP contribution in [0.4, 0.5) is 0 Å². The second kappa shape index (κ2) is 10.9. The van der Waals surface area contributed by atoms with Crippen LogP contribution in [0.15, 0.2) is 34.3 Å². The molecule has 30 heavy (non-hydrogen) atoms. The Hall–Kier alpha value is -2.75. The number of azide groups is 1. The van der Waals surface area contributed by atoms with E-state index in [4.69, 9.17) is 24.5 Å². The molecule has 1 heterocycles. The summed E-state index contributed by atoms with van der Waals surface area (Å²) in [4.78, 5) is 38.3. The van der Waals surface area contributed by atoms with Crippen molar-refractivity contribution >= 4 is 29.7 Å². The molecule has 0 N–H and O–H groups in total. The molecule has 1 aromatic rings. The second-order valence-corrected chi connectivity index (χ2v) is 7.80. The van der Waals surface area contributed by atoms with E-state index in [-0.39, 0.29) is 6.61 Å². The monoisotopic (exact) mass is 437 g/mol. The predicted molar refractivity (Wildman–Crippen MR) is 106 cm³/mol. The van der Waals surface area contributed by atoms with Crippen molar-refractivity contribution in [2.24, 2.45) is 5.11 Å². The first kappa shape index (κ1) is 23.5. The van der Waals surface area contributed by atoms with Crippen LogP contribution in [0.3, 0.4) is 0 Å². The summed E-state index contributed by atoms with van der Waals surface area (Å²) in [5.74, 6) is -1.82. The van der Waals surface area contributed by atoms with Gasteiger partial charge in [0, 0.05) is 30.6 Å². The van der Waals surface area contributed by atoms with Crippen LogP contribution in [-0.4, -0.2) is 54.3 Å². The quantitative estimate of drug-likeness (QED) is 0.209. The lowest BCUT2D eigenvalue weighted by Gasteiger charge is -2.43. The molecule has 10 nitrogen and oxygen atoms in total. The first-order valence-corrected chi connectivity index (χ1v) is 10.00. The first-order chi connectivity index (χ1) is 14.2. The third kappa shape index (κ3) is 6.65. The van der Waals surface area contributed by atoms with Gasteiger partial charge < -0.3 is 18.9 Å². The summed E-state index contributed by atoms with van der Waals surface area (Å²) in [6, 6.07) is 6.48. The number of rotatable bonds is 7. The summed E-state index contributed by atoms with van der Waals surface area (Å²) < 4.78 is 21.8. The van der Waals surface area contributed by atoms with Crippen molar-refractivity contribution in [2.45, 2.75) is 62.4 Å². The SMILES string of the molecule is CC(=O)OCC1O[C@H](Sc2cccc(C)c2)C(OC(C)=O)[C@@H](N=[N+]=[N-])[C@H]1OC(C)=O. The fourth-order valence-corrected chi connectivity index (χ4v) is 4.22. The van der Waals surface area contributed by atoms with Gasteiger partial charge in [0.05, 0.1) is 0 Å². The average molecular weight is 437 g/mol. The van der Waals surface area contributed by atoms with Crippen LogP contribution in [0.5, 0.6) is 0 Å². The molecule has 11 heteroatoms. The van der Waals surface area contributed by atoms with Crippen molar-refractivity contribution in [3.63, 3.8) is 0 Å². The first-order valence-electron chi connectivity index (χ1n) is 9.12. The normalized spacial score (nSPS) is 25.5. The fraction of sp³-hybridized carbons (Fsp3) is 0.526. The number of ether oxygens (including phenoxy) is 4. The minimum atomic E-state index is -1.11. The second-order valence-electron chi connectivity index (χ2n) is 6.62. The number of esters is 3.